The molecule has 2 aromatic carbocycles. The van der Waals surface area contributed by atoms with Crippen LogP contribution in [0.2, 0.25) is 5.02 Å². The molecule has 0 aromatic heterocycles. The van der Waals surface area contributed by atoms with Gasteiger partial charge in [0.25, 0.3) is 5.69 Å². The predicted molar refractivity (Wildman–Crippen MR) is 109 cm³/mol. The SMILES string of the molecule is Cc1ccc(N(C(C)C(=O)Nc2cc([N+](=O)[O-])ccc2Cl)S(C)(=O)=O)cc1C. The summed E-state index contributed by atoms with van der Waals surface area (Å²) in [6.07, 6.45) is 1.01. The van der Waals surface area contributed by atoms with Gasteiger partial charge in [-0.1, -0.05) is 17.7 Å². The van der Waals surface area contributed by atoms with Gasteiger partial charge in [-0.15, -0.1) is 0 Å². The molecule has 1 atom stereocenters. The molecule has 0 saturated heterocycles. The second-order valence-corrected chi connectivity index (χ2v) is 8.68. The molecule has 0 aliphatic carbocycles. The Morgan fingerprint density at radius 1 is 1.18 bits per heavy atom. The minimum absolute atomic E-state index is 0.0289. The molecule has 8 nitrogen and oxygen atoms in total. The number of amides is 1. The van der Waals surface area contributed by atoms with Crippen LogP contribution in [-0.2, 0) is 14.8 Å². The molecule has 2 aromatic rings. The average molecular weight is 426 g/mol. The molecule has 0 aliphatic heterocycles. The van der Waals surface area contributed by atoms with Crippen molar-refractivity contribution in [2.45, 2.75) is 26.8 Å². The third kappa shape index (κ3) is 4.79. The zero-order valence-corrected chi connectivity index (χ0v) is 17.3. The van der Waals surface area contributed by atoms with Gasteiger partial charge in [-0.25, -0.2) is 8.42 Å². The molecule has 0 saturated carbocycles. The zero-order chi connectivity index (χ0) is 21.2. The lowest BCUT2D eigenvalue weighted by Crippen LogP contribution is -2.45. The number of non-ortho nitro benzene ring substituents is 1. The molecule has 0 aliphatic rings. The lowest BCUT2D eigenvalue weighted by Gasteiger charge is -2.28. The van der Waals surface area contributed by atoms with Gasteiger partial charge in [-0.05, 0) is 50.1 Å². The Balaban J connectivity index is 2.38. The normalized spacial score (nSPS) is 12.3. The molecule has 0 heterocycles. The third-order valence-corrected chi connectivity index (χ3v) is 5.82. The molecule has 2 rings (SSSR count). The van der Waals surface area contributed by atoms with Crippen molar-refractivity contribution in [1.82, 2.24) is 0 Å². The molecular formula is C18H20ClN3O5S. The fraction of sp³-hybridized carbons (Fsp3) is 0.278. The highest BCUT2D eigenvalue weighted by molar-refractivity contribution is 7.92. The lowest BCUT2D eigenvalue weighted by molar-refractivity contribution is -0.384. The Morgan fingerprint density at radius 2 is 1.82 bits per heavy atom. The number of anilines is 2. The van der Waals surface area contributed by atoms with E-state index in [2.05, 4.69) is 5.32 Å². The van der Waals surface area contributed by atoms with E-state index < -0.39 is 26.9 Å². The number of rotatable bonds is 6. The van der Waals surface area contributed by atoms with Gasteiger partial charge in [0.15, 0.2) is 0 Å². The second-order valence-electron chi connectivity index (χ2n) is 6.41. The summed E-state index contributed by atoms with van der Waals surface area (Å²) in [6.45, 7) is 5.16. The molecule has 10 heteroatoms. The first-order valence-corrected chi connectivity index (χ1v) is 10.5. The van der Waals surface area contributed by atoms with E-state index in [0.29, 0.717) is 5.69 Å². The molecular weight excluding hydrogens is 406 g/mol. The highest BCUT2D eigenvalue weighted by Gasteiger charge is 2.30. The average Bonchev–Trinajstić information content (AvgIpc) is 2.58. The summed E-state index contributed by atoms with van der Waals surface area (Å²) in [5.74, 6) is -0.675. The number of carbonyl (C=O) groups excluding carboxylic acids is 1. The number of halogens is 1. The molecule has 0 spiro atoms. The van der Waals surface area contributed by atoms with Crippen LogP contribution in [0.5, 0.6) is 0 Å². The van der Waals surface area contributed by atoms with E-state index in [-0.39, 0.29) is 16.4 Å². The lowest BCUT2D eigenvalue weighted by atomic mass is 10.1. The van der Waals surface area contributed by atoms with Crippen LogP contribution in [0.15, 0.2) is 36.4 Å². The van der Waals surface area contributed by atoms with Crippen LogP contribution >= 0.6 is 11.6 Å². The van der Waals surface area contributed by atoms with Crippen molar-refractivity contribution in [3.63, 3.8) is 0 Å². The summed E-state index contributed by atoms with van der Waals surface area (Å²) in [4.78, 5) is 23.0. The van der Waals surface area contributed by atoms with Crippen LogP contribution in [-0.4, -0.2) is 31.5 Å². The fourth-order valence-corrected chi connectivity index (χ4v) is 3.96. The van der Waals surface area contributed by atoms with Crippen molar-refractivity contribution < 1.29 is 18.1 Å². The van der Waals surface area contributed by atoms with Gasteiger partial charge in [0.05, 0.1) is 27.6 Å². The number of sulfonamides is 1. The fourth-order valence-electron chi connectivity index (χ4n) is 2.63. The Hall–Kier alpha value is -2.65. The maximum atomic E-state index is 12.7. The summed E-state index contributed by atoms with van der Waals surface area (Å²) in [5, 5.41) is 13.5. The summed E-state index contributed by atoms with van der Waals surface area (Å²) in [5.41, 5.74) is 1.99. The van der Waals surface area contributed by atoms with E-state index in [1.165, 1.54) is 19.1 Å². The Morgan fingerprint density at radius 3 is 2.36 bits per heavy atom. The van der Waals surface area contributed by atoms with Crippen molar-refractivity contribution in [1.29, 1.82) is 0 Å². The van der Waals surface area contributed by atoms with Gasteiger partial charge < -0.3 is 5.32 Å². The first kappa shape index (κ1) is 21.6. The Kier molecular flexibility index (Phi) is 6.30. The van der Waals surface area contributed by atoms with Gasteiger partial charge in [0.2, 0.25) is 15.9 Å². The van der Waals surface area contributed by atoms with Crippen molar-refractivity contribution >= 4 is 44.6 Å². The minimum atomic E-state index is -3.78. The van der Waals surface area contributed by atoms with Crippen molar-refractivity contribution in [3.8, 4) is 0 Å². The number of aryl methyl sites for hydroxylation is 2. The second kappa shape index (κ2) is 8.15. The molecule has 0 bridgehead atoms. The smallest absolute Gasteiger partial charge is 0.271 e. The highest BCUT2D eigenvalue weighted by atomic mass is 35.5. The summed E-state index contributed by atoms with van der Waals surface area (Å²) < 4.78 is 25.7. The number of nitrogens with zero attached hydrogens (tertiary/aromatic N) is 2. The largest absolute Gasteiger partial charge is 0.323 e. The van der Waals surface area contributed by atoms with Gasteiger partial charge >= 0.3 is 0 Å². The number of hydrogen-bond donors (Lipinski definition) is 1. The van der Waals surface area contributed by atoms with E-state index in [4.69, 9.17) is 11.6 Å². The minimum Gasteiger partial charge on any atom is -0.323 e. The number of hydrogen-bond acceptors (Lipinski definition) is 5. The molecule has 1 unspecified atom stereocenters. The maximum absolute atomic E-state index is 12.7. The standard InChI is InChI=1S/C18H20ClN3O5S/c1-11-5-6-14(9-12(11)2)21(28(4,26)27)13(3)18(23)20-17-10-15(22(24)25)7-8-16(17)19/h5-10,13H,1-4H3,(H,20,23). The number of carbonyl (C=O) groups is 1. The Bertz CT molecular complexity index is 1040. The highest BCUT2D eigenvalue weighted by Crippen LogP contribution is 2.28. The number of benzene rings is 2. The first-order valence-electron chi connectivity index (χ1n) is 8.23. The predicted octanol–water partition coefficient (Wildman–Crippen LogP) is 3.66. The van der Waals surface area contributed by atoms with Crippen LogP contribution in [0, 0.1) is 24.0 Å². The summed E-state index contributed by atoms with van der Waals surface area (Å²) in [7, 11) is -3.78. The monoisotopic (exact) mass is 425 g/mol. The van der Waals surface area contributed by atoms with Gasteiger partial charge in [0, 0.05) is 12.1 Å². The van der Waals surface area contributed by atoms with Crippen molar-refractivity contribution in [2.24, 2.45) is 0 Å². The van der Waals surface area contributed by atoms with E-state index in [1.54, 1.807) is 18.2 Å². The van der Waals surface area contributed by atoms with Crippen LogP contribution in [0.1, 0.15) is 18.1 Å². The quantitative estimate of drug-likeness (QED) is 0.561. The topological polar surface area (TPSA) is 110 Å². The van der Waals surface area contributed by atoms with Crippen LogP contribution < -0.4 is 9.62 Å². The summed E-state index contributed by atoms with van der Waals surface area (Å²) >= 11 is 6.01. The molecule has 1 N–H and O–H groups in total. The van der Waals surface area contributed by atoms with Gasteiger partial charge in [0.1, 0.15) is 6.04 Å². The zero-order valence-electron chi connectivity index (χ0n) is 15.8. The van der Waals surface area contributed by atoms with Crippen LogP contribution in [0.25, 0.3) is 0 Å². The molecule has 28 heavy (non-hydrogen) atoms. The van der Waals surface area contributed by atoms with Gasteiger partial charge in [-0.3, -0.25) is 19.2 Å². The van der Waals surface area contributed by atoms with Crippen LogP contribution in [0.4, 0.5) is 17.1 Å². The summed E-state index contributed by atoms with van der Waals surface area (Å²) in [6, 6.07) is 7.57. The van der Waals surface area contributed by atoms with Crippen molar-refractivity contribution in [2.75, 3.05) is 15.9 Å². The van der Waals surface area contributed by atoms with Crippen LogP contribution in [0.3, 0.4) is 0 Å². The third-order valence-electron chi connectivity index (χ3n) is 4.25. The molecule has 0 fully saturated rings. The molecule has 150 valence electrons. The maximum Gasteiger partial charge on any atom is 0.271 e. The molecule has 0 radical (unpaired) electrons. The van der Waals surface area contributed by atoms with Crippen molar-refractivity contribution in [3.05, 3.63) is 62.7 Å². The van der Waals surface area contributed by atoms with E-state index in [9.17, 15) is 23.3 Å². The number of nitrogens with one attached hydrogen (secondary N) is 1. The number of nitro groups is 1. The molecule has 1 amide bonds. The number of nitro benzene ring substituents is 1. The van der Waals surface area contributed by atoms with Gasteiger partial charge in [-0.2, -0.15) is 0 Å². The Labute approximate surface area is 168 Å². The van der Waals surface area contributed by atoms with E-state index in [1.807, 2.05) is 13.8 Å². The van der Waals surface area contributed by atoms with E-state index >= 15 is 0 Å². The first-order chi connectivity index (χ1) is 12.9. The van der Waals surface area contributed by atoms with E-state index in [0.717, 1.165) is 27.8 Å².